The van der Waals surface area contributed by atoms with Gasteiger partial charge < -0.3 is 4.42 Å². The maximum absolute atomic E-state index is 12.4. The summed E-state index contributed by atoms with van der Waals surface area (Å²) in [6, 6.07) is 8.24. The molecule has 2 nitrogen and oxygen atoms in total. The highest BCUT2D eigenvalue weighted by Gasteiger charge is 2.18. The molecule has 0 N–H and O–H groups in total. The van der Waals surface area contributed by atoms with Crippen LogP contribution in [-0.4, -0.2) is 5.78 Å². The first-order valence-corrected chi connectivity index (χ1v) is 6.70. The minimum atomic E-state index is 0.135. The molecule has 0 radical (unpaired) electrons. The average molecular weight is 256 g/mol. The number of benzene rings is 1. The van der Waals surface area contributed by atoms with Gasteiger partial charge in [-0.25, -0.2) is 0 Å². The standard InChI is InChI=1S/C17H20O2/c1-5-14-6-8-15(9-7-14)10-16(18)17-11(2)12(3)19-13(17)4/h6-9H,5,10H2,1-4H3. The van der Waals surface area contributed by atoms with Gasteiger partial charge in [0, 0.05) is 12.0 Å². The Morgan fingerprint density at radius 2 is 1.58 bits per heavy atom. The molecule has 100 valence electrons. The summed E-state index contributed by atoms with van der Waals surface area (Å²) in [5.41, 5.74) is 4.06. The third kappa shape index (κ3) is 2.78. The summed E-state index contributed by atoms with van der Waals surface area (Å²) in [6.07, 6.45) is 1.46. The smallest absolute Gasteiger partial charge is 0.171 e. The predicted molar refractivity (Wildman–Crippen MR) is 76.8 cm³/mol. The zero-order chi connectivity index (χ0) is 14.0. The number of rotatable bonds is 4. The van der Waals surface area contributed by atoms with Crippen molar-refractivity contribution in [1.29, 1.82) is 0 Å². The lowest BCUT2D eigenvalue weighted by molar-refractivity contribution is 0.0991. The third-order valence-electron chi connectivity index (χ3n) is 3.64. The SMILES string of the molecule is CCc1ccc(CC(=O)c2c(C)oc(C)c2C)cc1. The van der Waals surface area contributed by atoms with Crippen molar-refractivity contribution < 1.29 is 9.21 Å². The van der Waals surface area contributed by atoms with Crippen LogP contribution in [0.3, 0.4) is 0 Å². The highest BCUT2D eigenvalue weighted by atomic mass is 16.3. The first-order valence-electron chi connectivity index (χ1n) is 6.70. The molecule has 2 heteroatoms. The average Bonchev–Trinajstić information content (AvgIpc) is 2.64. The lowest BCUT2D eigenvalue weighted by Crippen LogP contribution is -2.05. The quantitative estimate of drug-likeness (QED) is 0.768. The molecule has 0 aliphatic rings. The Kier molecular flexibility index (Phi) is 3.89. The second-order valence-electron chi connectivity index (χ2n) is 4.98. The van der Waals surface area contributed by atoms with Crippen LogP contribution in [0.25, 0.3) is 0 Å². The number of ketones is 1. The fourth-order valence-corrected chi connectivity index (χ4v) is 2.37. The van der Waals surface area contributed by atoms with Crippen LogP contribution < -0.4 is 0 Å². The molecule has 0 bridgehead atoms. The topological polar surface area (TPSA) is 30.2 Å². The summed E-state index contributed by atoms with van der Waals surface area (Å²) in [6.45, 7) is 7.82. The van der Waals surface area contributed by atoms with E-state index in [2.05, 4.69) is 19.1 Å². The number of aryl methyl sites for hydroxylation is 3. The highest BCUT2D eigenvalue weighted by Crippen LogP contribution is 2.22. The summed E-state index contributed by atoms with van der Waals surface area (Å²) < 4.78 is 5.52. The van der Waals surface area contributed by atoms with Crippen molar-refractivity contribution in [3.63, 3.8) is 0 Å². The monoisotopic (exact) mass is 256 g/mol. The summed E-state index contributed by atoms with van der Waals surface area (Å²) >= 11 is 0. The van der Waals surface area contributed by atoms with Crippen molar-refractivity contribution in [3.8, 4) is 0 Å². The van der Waals surface area contributed by atoms with Gasteiger partial charge in [0.25, 0.3) is 0 Å². The Bertz CT molecular complexity index is 588. The Morgan fingerprint density at radius 1 is 1.00 bits per heavy atom. The van der Waals surface area contributed by atoms with Gasteiger partial charge in [0.2, 0.25) is 0 Å². The molecule has 0 fully saturated rings. The number of furan rings is 1. The molecule has 1 aromatic heterocycles. The molecule has 0 unspecified atom stereocenters. The maximum Gasteiger partial charge on any atom is 0.171 e. The summed E-state index contributed by atoms with van der Waals surface area (Å²) in [7, 11) is 0. The minimum Gasteiger partial charge on any atom is -0.466 e. The first-order chi connectivity index (χ1) is 9.02. The van der Waals surface area contributed by atoms with Gasteiger partial charge in [-0.2, -0.15) is 0 Å². The fourth-order valence-electron chi connectivity index (χ4n) is 2.37. The molecule has 0 spiro atoms. The van der Waals surface area contributed by atoms with Crippen molar-refractivity contribution in [2.75, 3.05) is 0 Å². The molecule has 0 saturated heterocycles. The zero-order valence-corrected chi connectivity index (χ0v) is 12.0. The van der Waals surface area contributed by atoms with E-state index >= 15 is 0 Å². The maximum atomic E-state index is 12.4. The van der Waals surface area contributed by atoms with Gasteiger partial charge >= 0.3 is 0 Å². The van der Waals surface area contributed by atoms with Gasteiger partial charge in [0.1, 0.15) is 11.5 Å². The molecule has 0 atom stereocenters. The highest BCUT2D eigenvalue weighted by molar-refractivity contribution is 5.99. The van der Waals surface area contributed by atoms with E-state index in [4.69, 9.17) is 4.42 Å². The van der Waals surface area contributed by atoms with E-state index in [-0.39, 0.29) is 5.78 Å². The van der Waals surface area contributed by atoms with E-state index in [9.17, 15) is 4.79 Å². The van der Waals surface area contributed by atoms with Crippen LogP contribution >= 0.6 is 0 Å². The van der Waals surface area contributed by atoms with E-state index in [1.807, 2.05) is 32.9 Å². The Morgan fingerprint density at radius 3 is 2.05 bits per heavy atom. The number of hydrogen-bond donors (Lipinski definition) is 0. The predicted octanol–water partition coefficient (Wildman–Crippen LogP) is 4.19. The molecule has 0 saturated carbocycles. The van der Waals surface area contributed by atoms with Crippen LogP contribution in [0.15, 0.2) is 28.7 Å². The van der Waals surface area contributed by atoms with Crippen molar-refractivity contribution in [3.05, 3.63) is 58.0 Å². The molecule has 2 rings (SSSR count). The second-order valence-corrected chi connectivity index (χ2v) is 4.98. The van der Waals surface area contributed by atoms with Gasteiger partial charge in [-0.1, -0.05) is 31.2 Å². The molecule has 1 heterocycles. The number of carbonyl (C=O) groups is 1. The number of Topliss-reactive ketones (excluding diaryl/α,β-unsaturated/α-hetero) is 1. The van der Waals surface area contributed by atoms with Crippen LogP contribution in [0.5, 0.6) is 0 Å². The summed E-state index contributed by atoms with van der Waals surface area (Å²) in [4.78, 5) is 12.4. The Hall–Kier alpha value is -1.83. The van der Waals surface area contributed by atoms with Gasteiger partial charge in [-0.05, 0) is 38.3 Å². The van der Waals surface area contributed by atoms with Crippen molar-refractivity contribution in [1.82, 2.24) is 0 Å². The van der Waals surface area contributed by atoms with E-state index in [1.165, 1.54) is 5.56 Å². The summed E-state index contributed by atoms with van der Waals surface area (Å²) in [5.74, 6) is 1.70. The van der Waals surface area contributed by atoms with Crippen LogP contribution in [0, 0.1) is 20.8 Å². The zero-order valence-electron chi connectivity index (χ0n) is 12.0. The molecular formula is C17H20O2. The van der Waals surface area contributed by atoms with Gasteiger partial charge in [0.05, 0.1) is 5.56 Å². The minimum absolute atomic E-state index is 0.135. The van der Waals surface area contributed by atoms with Gasteiger partial charge in [-0.3, -0.25) is 4.79 Å². The van der Waals surface area contributed by atoms with E-state index in [1.54, 1.807) is 0 Å². The normalized spacial score (nSPS) is 10.7. The van der Waals surface area contributed by atoms with Crippen LogP contribution in [0.4, 0.5) is 0 Å². The molecule has 0 amide bonds. The van der Waals surface area contributed by atoms with Gasteiger partial charge in [0.15, 0.2) is 5.78 Å². The van der Waals surface area contributed by atoms with Crippen molar-refractivity contribution in [2.45, 2.75) is 40.5 Å². The Labute approximate surface area is 114 Å². The van der Waals surface area contributed by atoms with E-state index in [0.717, 1.165) is 34.6 Å². The lowest BCUT2D eigenvalue weighted by Gasteiger charge is -2.03. The molecule has 0 aliphatic heterocycles. The van der Waals surface area contributed by atoms with Crippen LogP contribution in [0.2, 0.25) is 0 Å². The third-order valence-corrected chi connectivity index (χ3v) is 3.64. The molecule has 2 aromatic rings. The number of carbonyl (C=O) groups excluding carboxylic acids is 1. The van der Waals surface area contributed by atoms with Crippen LogP contribution in [-0.2, 0) is 12.8 Å². The van der Waals surface area contributed by atoms with Crippen molar-refractivity contribution >= 4 is 5.78 Å². The van der Waals surface area contributed by atoms with E-state index < -0.39 is 0 Å². The van der Waals surface area contributed by atoms with Crippen LogP contribution in [0.1, 0.15) is 45.5 Å². The van der Waals surface area contributed by atoms with Gasteiger partial charge in [-0.15, -0.1) is 0 Å². The lowest BCUT2D eigenvalue weighted by atomic mass is 9.99. The van der Waals surface area contributed by atoms with Crippen molar-refractivity contribution in [2.24, 2.45) is 0 Å². The molecule has 1 aromatic carbocycles. The molecule has 19 heavy (non-hydrogen) atoms. The molecular weight excluding hydrogens is 236 g/mol. The Balaban J connectivity index is 2.20. The summed E-state index contributed by atoms with van der Waals surface area (Å²) in [5, 5.41) is 0. The first kappa shape index (κ1) is 13.6. The van der Waals surface area contributed by atoms with E-state index in [0.29, 0.717) is 6.42 Å². The fraction of sp³-hybridized carbons (Fsp3) is 0.353. The second kappa shape index (κ2) is 5.43. The number of hydrogen-bond acceptors (Lipinski definition) is 2. The molecule has 0 aliphatic carbocycles. The largest absolute Gasteiger partial charge is 0.466 e.